The second-order valence-electron chi connectivity index (χ2n) is 4.35. The maximum absolute atomic E-state index is 5.17. The van der Waals surface area contributed by atoms with E-state index in [1.165, 1.54) is 45.1 Å². The van der Waals surface area contributed by atoms with Crippen molar-refractivity contribution in [3.05, 3.63) is 0 Å². The van der Waals surface area contributed by atoms with Gasteiger partial charge >= 0.3 is 0 Å². The van der Waals surface area contributed by atoms with Crippen molar-refractivity contribution in [2.75, 3.05) is 13.1 Å². The third-order valence-corrected chi connectivity index (χ3v) is 3.12. The summed E-state index contributed by atoms with van der Waals surface area (Å²) in [6.07, 6.45) is 15.9. The Morgan fingerprint density at radius 2 is 1.86 bits per heavy atom. The van der Waals surface area contributed by atoms with Gasteiger partial charge in [0.1, 0.15) is 0 Å². The van der Waals surface area contributed by atoms with Gasteiger partial charge in [0.15, 0.2) is 0 Å². The first-order valence-electron chi connectivity index (χ1n) is 6.07. The lowest BCUT2D eigenvalue weighted by molar-refractivity contribution is 0.470. The number of terminal acetylenes is 1. The van der Waals surface area contributed by atoms with Crippen LogP contribution in [-0.2, 0) is 0 Å². The van der Waals surface area contributed by atoms with Gasteiger partial charge in [-0.3, -0.25) is 0 Å². The third-order valence-electron chi connectivity index (χ3n) is 3.12. The molecule has 1 nitrogen and oxygen atoms in total. The zero-order valence-electron chi connectivity index (χ0n) is 9.23. The molecule has 1 N–H and O–H groups in total. The van der Waals surface area contributed by atoms with Crippen molar-refractivity contribution < 1.29 is 0 Å². The van der Waals surface area contributed by atoms with Crippen LogP contribution in [0.15, 0.2) is 0 Å². The molecule has 14 heavy (non-hydrogen) atoms. The van der Waals surface area contributed by atoms with Crippen molar-refractivity contribution in [2.45, 2.75) is 51.4 Å². The molecule has 1 fully saturated rings. The fourth-order valence-electron chi connectivity index (χ4n) is 2.26. The summed E-state index contributed by atoms with van der Waals surface area (Å²) in [5, 5.41) is 3.45. The molecule has 0 amide bonds. The Labute approximate surface area is 88.7 Å². The van der Waals surface area contributed by atoms with Crippen LogP contribution < -0.4 is 5.32 Å². The van der Waals surface area contributed by atoms with Crippen LogP contribution in [0.4, 0.5) is 0 Å². The molecular weight excluding hydrogens is 170 g/mol. The highest BCUT2D eigenvalue weighted by Crippen LogP contribution is 2.28. The molecular formula is C13H23N. The number of unbranched alkanes of at least 4 members (excludes halogenated alkanes) is 1. The first kappa shape index (κ1) is 11.6. The average molecular weight is 193 g/mol. The van der Waals surface area contributed by atoms with Gasteiger partial charge < -0.3 is 5.32 Å². The highest BCUT2D eigenvalue weighted by Gasteiger charge is 2.13. The second kappa shape index (κ2) is 7.88. The molecule has 0 aromatic rings. The molecule has 0 aliphatic heterocycles. The SMILES string of the molecule is C#CCCCNCCCC1CCCC1. The number of rotatable bonds is 7. The minimum absolute atomic E-state index is 0.912. The van der Waals surface area contributed by atoms with E-state index < -0.39 is 0 Å². The molecule has 1 aliphatic carbocycles. The van der Waals surface area contributed by atoms with Gasteiger partial charge in [-0.2, -0.15) is 0 Å². The van der Waals surface area contributed by atoms with Gasteiger partial charge in [0.25, 0.3) is 0 Å². The largest absolute Gasteiger partial charge is 0.317 e. The van der Waals surface area contributed by atoms with Crippen LogP contribution >= 0.6 is 0 Å². The van der Waals surface area contributed by atoms with Gasteiger partial charge in [0, 0.05) is 6.42 Å². The minimum atomic E-state index is 0.912. The van der Waals surface area contributed by atoms with E-state index in [4.69, 9.17) is 6.42 Å². The molecule has 0 unspecified atom stereocenters. The molecule has 0 aromatic heterocycles. The first-order chi connectivity index (χ1) is 6.93. The Hall–Kier alpha value is -0.480. The Morgan fingerprint density at radius 1 is 1.14 bits per heavy atom. The maximum atomic E-state index is 5.17. The molecule has 1 heteroatoms. The average Bonchev–Trinajstić information content (AvgIpc) is 2.69. The smallest absolute Gasteiger partial charge is 0.00981 e. The summed E-state index contributed by atoms with van der Waals surface area (Å²) in [4.78, 5) is 0. The fraction of sp³-hybridized carbons (Fsp3) is 0.846. The summed E-state index contributed by atoms with van der Waals surface area (Å²) in [5.41, 5.74) is 0. The van der Waals surface area contributed by atoms with E-state index in [-0.39, 0.29) is 0 Å². The van der Waals surface area contributed by atoms with Gasteiger partial charge in [0.2, 0.25) is 0 Å². The summed E-state index contributed by atoms with van der Waals surface area (Å²) in [7, 11) is 0. The van der Waals surface area contributed by atoms with E-state index in [2.05, 4.69) is 11.2 Å². The standard InChI is InChI=1S/C13H23N/c1-2-3-6-11-14-12-7-10-13-8-4-5-9-13/h1,13-14H,3-12H2. The predicted octanol–water partition coefficient (Wildman–Crippen LogP) is 2.96. The number of hydrogen-bond acceptors (Lipinski definition) is 1. The molecule has 0 atom stereocenters. The fourth-order valence-corrected chi connectivity index (χ4v) is 2.26. The quantitative estimate of drug-likeness (QED) is 0.484. The maximum Gasteiger partial charge on any atom is 0.00981 e. The van der Waals surface area contributed by atoms with E-state index in [1.807, 2.05) is 0 Å². The molecule has 80 valence electrons. The number of nitrogens with one attached hydrogen (secondary N) is 1. The van der Waals surface area contributed by atoms with E-state index in [0.717, 1.165) is 25.3 Å². The summed E-state index contributed by atoms with van der Waals surface area (Å²) in [5.74, 6) is 3.71. The van der Waals surface area contributed by atoms with Crippen molar-refractivity contribution in [1.82, 2.24) is 5.32 Å². The zero-order valence-corrected chi connectivity index (χ0v) is 9.23. The summed E-state index contributed by atoms with van der Waals surface area (Å²) >= 11 is 0. The van der Waals surface area contributed by atoms with Gasteiger partial charge in [-0.15, -0.1) is 12.3 Å². The predicted molar refractivity (Wildman–Crippen MR) is 62.1 cm³/mol. The lowest BCUT2D eigenvalue weighted by atomic mass is 10.0. The van der Waals surface area contributed by atoms with Gasteiger partial charge in [-0.25, -0.2) is 0 Å². The van der Waals surface area contributed by atoms with Crippen LogP contribution in [0.3, 0.4) is 0 Å². The monoisotopic (exact) mass is 193 g/mol. The van der Waals surface area contributed by atoms with Crippen molar-refractivity contribution >= 4 is 0 Å². The third kappa shape index (κ3) is 5.29. The van der Waals surface area contributed by atoms with Crippen molar-refractivity contribution in [2.24, 2.45) is 5.92 Å². The first-order valence-corrected chi connectivity index (χ1v) is 6.07. The van der Waals surface area contributed by atoms with Crippen LogP contribution in [0, 0.1) is 18.3 Å². The molecule has 1 rings (SSSR count). The lowest BCUT2D eigenvalue weighted by Crippen LogP contribution is -2.17. The molecule has 0 radical (unpaired) electrons. The summed E-state index contributed by atoms with van der Waals surface area (Å²) in [6.45, 7) is 2.27. The molecule has 0 bridgehead atoms. The van der Waals surface area contributed by atoms with Gasteiger partial charge in [0.05, 0.1) is 0 Å². The molecule has 0 spiro atoms. The Morgan fingerprint density at radius 3 is 2.57 bits per heavy atom. The van der Waals surface area contributed by atoms with E-state index in [1.54, 1.807) is 0 Å². The molecule has 1 aliphatic rings. The molecule has 0 heterocycles. The summed E-state index contributed by atoms with van der Waals surface area (Å²) in [6, 6.07) is 0. The lowest BCUT2D eigenvalue weighted by Gasteiger charge is -2.08. The zero-order chi connectivity index (χ0) is 10.1. The van der Waals surface area contributed by atoms with Crippen LogP contribution in [0.1, 0.15) is 51.4 Å². The van der Waals surface area contributed by atoms with Crippen LogP contribution in [-0.4, -0.2) is 13.1 Å². The normalized spacial score (nSPS) is 17.1. The van der Waals surface area contributed by atoms with Gasteiger partial charge in [-0.1, -0.05) is 25.7 Å². The van der Waals surface area contributed by atoms with E-state index in [0.29, 0.717) is 0 Å². The highest BCUT2D eigenvalue weighted by atomic mass is 14.8. The number of hydrogen-bond donors (Lipinski definition) is 1. The van der Waals surface area contributed by atoms with Gasteiger partial charge in [-0.05, 0) is 38.3 Å². The Kier molecular flexibility index (Phi) is 6.53. The molecule has 1 saturated carbocycles. The Bertz CT molecular complexity index is 163. The minimum Gasteiger partial charge on any atom is -0.317 e. The van der Waals surface area contributed by atoms with E-state index in [9.17, 15) is 0 Å². The Balaban J connectivity index is 1.78. The van der Waals surface area contributed by atoms with Crippen LogP contribution in [0.2, 0.25) is 0 Å². The van der Waals surface area contributed by atoms with Crippen LogP contribution in [0.25, 0.3) is 0 Å². The van der Waals surface area contributed by atoms with Crippen molar-refractivity contribution in [3.63, 3.8) is 0 Å². The molecule has 0 aromatic carbocycles. The second-order valence-corrected chi connectivity index (χ2v) is 4.35. The molecule has 0 saturated heterocycles. The summed E-state index contributed by atoms with van der Waals surface area (Å²) < 4.78 is 0. The van der Waals surface area contributed by atoms with Crippen LogP contribution in [0.5, 0.6) is 0 Å². The van der Waals surface area contributed by atoms with Crippen molar-refractivity contribution in [3.8, 4) is 12.3 Å². The topological polar surface area (TPSA) is 12.0 Å². The van der Waals surface area contributed by atoms with Crippen molar-refractivity contribution in [1.29, 1.82) is 0 Å². The van der Waals surface area contributed by atoms with E-state index >= 15 is 0 Å². The highest BCUT2D eigenvalue weighted by molar-refractivity contribution is 4.83.